The summed E-state index contributed by atoms with van der Waals surface area (Å²) in [6.07, 6.45) is 13.7. The van der Waals surface area contributed by atoms with Crippen molar-refractivity contribution >= 4 is 50.9 Å². The lowest BCUT2D eigenvalue weighted by Crippen LogP contribution is -2.21. The third-order valence-electron chi connectivity index (χ3n) is 14.6. The summed E-state index contributed by atoms with van der Waals surface area (Å²) in [5.41, 5.74) is 8.42. The van der Waals surface area contributed by atoms with Crippen LogP contribution in [0.4, 0.5) is 17.1 Å². The number of fused-ring (bicyclic) bond motifs is 3. The molecule has 0 amide bonds. The van der Waals surface area contributed by atoms with Crippen molar-refractivity contribution in [3.63, 3.8) is 0 Å². The molecule has 72 heavy (non-hydrogen) atoms. The number of nitriles is 2. The minimum absolute atomic E-state index is 0.0106. The molecule has 18 heteroatoms. The second-order valence-electron chi connectivity index (χ2n) is 19.7. The predicted molar refractivity (Wildman–Crippen MR) is 271 cm³/mol. The molecule has 3 saturated carbocycles. The third-order valence-corrected chi connectivity index (χ3v) is 15.4. The molecule has 6 atom stereocenters. The first-order chi connectivity index (χ1) is 34.9. The average Bonchev–Trinajstić information content (AvgIpc) is 4.01. The van der Waals surface area contributed by atoms with Gasteiger partial charge >= 0.3 is 17.9 Å². The highest BCUT2D eigenvalue weighted by Gasteiger charge is 2.46. The predicted octanol–water partition coefficient (Wildman–Crippen LogP) is 7.72. The number of ether oxygens (including phenoxy) is 2. The quantitative estimate of drug-likeness (QED) is 0.104. The van der Waals surface area contributed by atoms with Gasteiger partial charge in [0.2, 0.25) is 0 Å². The summed E-state index contributed by atoms with van der Waals surface area (Å²) in [5.74, 6) is 3.41. The van der Waals surface area contributed by atoms with Gasteiger partial charge in [0.05, 0.1) is 55.5 Å². The molecule has 17 nitrogen and oxygen atoms in total. The van der Waals surface area contributed by atoms with E-state index in [2.05, 4.69) is 88.1 Å². The maximum absolute atomic E-state index is 11.7. The summed E-state index contributed by atoms with van der Waals surface area (Å²) in [4.78, 5) is 53.5. The van der Waals surface area contributed by atoms with Crippen molar-refractivity contribution in [2.24, 2.45) is 35.5 Å². The van der Waals surface area contributed by atoms with Crippen molar-refractivity contribution in [3.05, 3.63) is 142 Å². The van der Waals surface area contributed by atoms with Crippen molar-refractivity contribution in [2.45, 2.75) is 52.7 Å². The lowest BCUT2D eigenvalue weighted by Gasteiger charge is -2.21. The molecule has 6 aliphatic rings. The number of esters is 2. The molecular formula is C54H56BrN11O6. The fourth-order valence-corrected chi connectivity index (χ4v) is 10.8. The van der Waals surface area contributed by atoms with Gasteiger partial charge in [-0.05, 0) is 122 Å². The molecular weight excluding hydrogens is 979 g/mol. The van der Waals surface area contributed by atoms with Crippen molar-refractivity contribution < 1.29 is 29.0 Å². The van der Waals surface area contributed by atoms with Crippen LogP contribution in [0.15, 0.2) is 96.6 Å². The molecule has 370 valence electrons. The first-order valence-electron chi connectivity index (χ1n) is 24.7. The number of anilines is 3. The van der Waals surface area contributed by atoms with Crippen LogP contribution in [0, 0.1) is 58.2 Å². The van der Waals surface area contributed by atoms with Crippen LogP contribution in [0.3, 0.4) is 0 Å². The Morgan fingerprint density at radius 3 is 1.26 bits per heavy atom. The smallest absolute Gasteiger partial charge is 0.358 e. The summed E-state index contributed by atoms with van der Waals surface area (Å²) in [6.45, 7) is 12.6. The van der Waals surface area contributed by atoms with Gasteiger partial charge in [0.15, 0.2) is 17.1 Å². The van der Waals surface area contributed by atoms with E-state index in [0.29, 0.717) is 49.7 Å². The van der Waals surface area contributed by atoms with Gasteiger partial charge in [-0.2, -0.15) is 10.5 Å². The summed E-state index contributed by atoms with van der Waals surface area (Å²) in [6, 6.07) is 23.1. The van der Waals surface area contributed by atoms with Crippen molar-refractivity contribution in [1.29, 1.82) is 10.5 Å². The lowest BCUT2D eigenvalue weighted by molar-refractivity contribution is 0.0510. The first kappa shape index (κ1) is 48.2. The van der Waals surface area contributed by atoms with Crippen molar-refractivity contribution in [2.75, 3.05) is 67.2 Å². The van der Waals surface area contributed by atoms with Crippen LogP contribution in [-0.2, 0) is 29.1 Å². The summed E-state index contributed by atoms with van der Waals surface area (Å²) in [7, 11) is 0. The van der Waals surface area contributed by atoms with E-state index in [1.54, 1.807) is 48.0 Å². The van der Waals surface area contributed by atoms with Gasteiger partial charge in [0.25, 0.3) is 0 Å². The molecule has 3 aliphatic carbocycles. The minimum atomic E-state index is -1.05. The molecule has 3 aliphatic heterocycles. The number of carboxylic acid groups (broad SMARTS) is 1. The van der Waals surface area contributed by atoms with Crippen LogP contribution in [-0.4, -0.2) is 104 Å². The van der Waals surface area contributed by atoms with Crippen LogP contribution in [0.25, 0.3) is 0 Å². The van der Waals surface area contributed by atoms with E-state index in [0.717, 1.165) is 94.2 Å². The minimum Gasteiger partial charge on any atom is -0.476 e. The number of carboxylic acids is 1. The standard InChI is InChI=1S/C19H20N4O2.C18H20BrN3O2.C17H16N4O2/c1-2-25-19(24)18-11-22(12-21-18)8-13-3-4-17(6-14(13)7-20)23-9-15-5-16(15)10-23;1-2-24-18(23)17-10-21(11-20-17)7-12-3-4-15(6-16(12)19)22-8-13-5-14(13)9-22;18-5-12-4-15(21-7-13-3-14(13)8-21)2-1-11(12)6-20-9-16(17(22)23)19-10-20/h3-4,6,11-12,15-16H,2,5,8-10H2,1H3;3-4,6,10-11,13-14H,2,5,7-9H2,1H3;1-2,4,9-10,13-14H,3,6-8H2,(H,22,23). The Labute approximate surface area is 426 Å². The number of aromatic carboxylic acids is 1. The normalized spacial score (nSPS) is 21.4. The lowest BCUT2D eigenvalue weighted by atomic mass is 10.1. The number of imidazole rings is 3. The van der Waals surface area contributed by atoms with Crippen LogP contribution >= 0.6 is 15.9 Å². The molecule has 3 aromatic heterocycles. The van der Waals surface area contributed by atoms with Crippen LogP contribution in [0.2, 0.25) is 0 Å². The number of halogens is 1. The molecule has 12 rings (SSSR count). The first-order valence-corrected chi connectivity index (χ1v) is 25.5. The summed E-state index contributed by atoms with van der Waals surface area (Å²) >= 11 is 3.69. The molecule has 6 heterocycles. The fraction of sp³-hybridized carbons (Fsp3) is 0.407. The Bertz CT molecular complexity index is 3060. The van der Waals surface area contributed by atoms with Gasteiger partial charge in [0.1, 0.15) is 0 Å². The van der Waals surface area contributed by atoms with Crippen LogP contribution < -0.4 is 14.7 Å². The highest BCUT2D eigenvalue weighted by molar-refractivity contribution is 9.10. The van der Waals surface area contributed by atoms with Gasteiger partial charge in [-0.1, -0.05) is 34.1 Å². The van der Waals surface area contributed by atoms with Crippen LogP contribution in [0.5, 0.6) is 0 Å². The zero-order chi connectivity index (χ0) is 50.0. The highest BCUT2D eigenvalue weighted by atomic mass is 79.9. The number of piperidine rings is 3. The van der Waals surface area contributed by atoms with Gasteiger partial charge in [0, 0.05) is 99.0 Å². The van der Waals surface area contributed by atoms with E-state index in [4.69, 9.17) is 14.6 Å². The molecule has 1 N–H and O–H groups in total. The number of carbonyl (C=O) groups excluding carboxylic acids is 2. The van der Waals surface area contributed by atoms with E-state index >= 15 is 0 Å². The van der Waals surface area contributed by atoms with Crippen molar-refractivity contribution in [3.8, 4) is 12.1 Å². The zero-order valence-electron chi connectivity index (χ0n) is 40.3. The zero-order valence-corrected chi connectivity index (χ0v) is 41.9. The Morgan fingerprint density at radius 2 is 0.917 bits per heavy atom. The second kappa shape index (κ2) is 20.7. The number of hydrogen-bond donors (Lipinski definition) is 1. The SMILES string of the molecule is CCOC(=O)c1cn(Cc2ccc(N3CC4CC4C3)cc2Br)cn1.CCOC(=O)c1cn(Cc2ccc(N3CC4CC4C3)cc2C#N)cn1.N#Cc1cc(N2CC3CC3C2)ccc1Cn1cnc(C(=O)O)c1. The molecule has 6 aromatic rings. The van der Waals surface area contributed by atoms with E-state index < -0.39 is 11.9 Å². The Kier molecular flexibility index (Phi) is 13.9. The maximum atomic E-state index is 11.7. The molecule has 6 fully saturated rings. The van der Waals surface area contributed by atoms with E-state index in [1.165, 1.54) is 50.6 Å². The van der Waals surface area contributed by atoms with E-state index in [1.807, 2.05) is 28.8 Å². The van der Waals surface area contributed by atoms with Crippen molar-refractivity contribution in [1.82, 2.24) is 28.7 Å². The Morgan fingerprint density at radius 1 is 0.569 bits per heavy atom. The molecule has 0 radical (unpaired) electrons. The van der Waals surface area contributed by atoms with E-state index in [9.17, 15) is 24.9 Å². The number of rotatable bonds is 14. The molecule has 3 aromatic carbocycles. The average molecular weight is 1040 g/mol. The molecule has 0 spiro atoms. The number of benzene rings is 3. The summed E-state index contributed by atoms with van der Waals surface area (Å²) < 4.78 is 16.4. The number of hydrogen-bond acceptors (Lipinski definition) is 13. The topological polar surface area (TPSA) is 201 Å². The monoisotopic (exact) mass is 1030 g/mol. The second-order valence-corrected chi connectivity index (χ2v) is 20.6. The largest absolute Gasteiger partial charge is 0.476 e. The maximum Gasteiger partial charge on any atom is 0.358 e. The molecule has 3 saturated heterocycles. The fourth-order valence-electron chi connectivity index (χ4n) is 10.4. The Balaban J connectivity index is 0.000000124. The Hall–Kier alpha value is -7.44. The third kappa shape index (κ3) is 11.0. The van der Waals surface area contributed by atoms with Crippen LogP contribution in [0.1, 0.15) is 92.4 Å². The van der Waals surface area contributed by atoms with Gasteiger partial charge in [-0.25, -0.2) is 29.3 Å². The van der Waals surface area contributed by atoms with E-state index in [-0.39, 0.29) is 17.4 Å². The van der Waals surface area contributed by atoms with Gasteiger partial charge < -0.3 is 43.0 Å². The highest BCUT2D eigenvalue weighted by Crippen LogP contribution is 2.48. The molecule has 0 bridgehead atoms. The number of carbonyl (C=O) groups is 3. The van der Waals surface area contributed by atoms with Gasteiger partial charge in [-0.3, -0.25) is 0 Å². The number of aromatic nitrogens is 6. The molecule has 6 unspecified atom stereocenters. The van der Waals surface area contributed by atoms with Gasteiger partial charge in [-0.15, -0.1) is 0 Å². The number of nitrogens with zero attached hydrogens (tertiary/aromatic N) is 11. The summed E-state index contributed by atoms with van der Waals surface area (Å²) in [5, 5.41) is 27.9.